The number of nitrogens with one attached hydrogen (secondary N) is 1. The Morgan fingerprint density at radius 2 is 1.79 bits per heavy atom. The van der Waals surface area contributed by atoms with E-state index < -0.39 is 27.9 Å². The number of amides is 1. The predicted octanol–water partition coefficient (Wildman–Crippen LogP) is 3.62. The molecule has 0 unspecified atom stereocenters. The number of ether oxygens (including phenoxy) is 1. The van der Waals surface area contributed by atoms with E-state index in [1.165, 1.54) is 18.2 Å². The summed E-state index contributed by atoms with van der Waals surface area (Å²) in [6.45, 7) is 5.20. The molecule has 1 saturated carbocycles. The van der Waals surface area contributed by atoms with Crippen molar-refractivity contribution in [1.82, 2.24) is 5.32 Å². The number of hydrogen-bond donors (Lipinski definition) is 1. The molecular weight excluding hydrogens is 312 g/mol. The summed E-state index contributed by atoms with van der Waals surface area (Å²) in [7, 11) is 0. The average molecular weight is 334 g/mol. The first kappa shape index (κ1) is 17.9. The van der Waals surface area contributed by atoms with Gasteiger partial charge in [-0.25, -0.2) is 4.79 Å². The summed E-state index contributed by atoms with van der Waals surface area (Å²) in [4.78, 5) is 35.8. The number of nitro benzene ring substituents is 1. The highest BCUT2D eigenvalue weighted by Crippen LogP contribution is 2.35. The fraction of sp³-hybridized carbons (Fsp3) is 0.529. The fourth-order valence-corrected chi connectivity index (χ4v) is 2.97. The lowest BCUT2D eigenvalue weighted by molar-refractivity contribution is -0.385. The lowest BCUT2D eigenvalue weighted by Crippen LogP contribution is -2.53. The average Bonchev–Trinajstić information content (AvgIpc) is 2.93. The van der Waals surface area contributed by atoms with Crippen molar-refractivity contribution in [3.8, 4) is 0 Å². The molecule has 7 nitrogen and oxygen atoms in total. The molecule has 0 aromatic heterocycles. The molecule has 0 aliphatic heterocycles. The zero-order chi connectivity index (χ0) is 18.0. The molecule has 0 radical (unpaired) electrons. The minimum absolute atomic E-state index is 0.0143. The molecule has 1 N–H and O–H groups in total. The third-order valence-corrected chi connectivity index (χ3v) is 3.98. The van der Waals surface area contributed by atoms with Crippen molar-refractivity contribution >= 4 is 17.6 Å². The number of nitrogens with zero attached hydrogens (tertiary/aromatic N) is 1. The van der Waals surface area contributed by atoms with Gasteiger partial charge in [-0.05, 0) is 39.7 Å². The van der Waals surface area contributed by atoms with Crippen molar-refractivity contribution in [3.05, 3.63) is 39.9 Å². The van der Waals surface area contributed by atoms with Gasteiger partial charge in [0.25, 0.3) is 5.69 Å². The highest BCUT2D eigenvalue weighted by molar-refractivity contribution is 6.07. The van der Waals surface area contributed by atoms with Gasteiger partial charge in [-0.15, -0.1) is 0 Å². The van der Waals surface area contributed by atoms with Crippen LogP contribution in [0.1, 0.15) is 56.8 Å². The van der Waals surface area contributed by atoms with Gasteiger partial charge in [0, 0.05) is 6.07 Å². The van der Waals surface area contributed by atoms with Crippen molar-refractivity contribution < 1.29 is 19.2 Å². The summed E-state index contributed by atoms with van der Waals surface area (Å²) >= 11 is 0. The Kier molecular flexibility index (Phi) is 4.91. The smallest absolute Gasteiger partial charge is 0.408 e. The van der Waals surface area contributed by atoms with E-state index in [-0.39, 0.29) is 11.3 Å². The van der Waals surface area contributed by atoms with Crippen LogP contribution in [0.4, 0.5) is 10.5 Å². The van der Waals surface area contributed by atoms with E-state index in [1.807, 2.05) is 0 Å². The topological polar surface area (TPSA) is 98.5 Å². The van der Waals surface area contributed by atoms with Gasteiger partial charge >= 0.3 is 6.09 Å². The molecule has 1 aromatic rings. The molecule has 1 aliphatic rings. The Balaban J connectivity index is 2.32. The first-order valence-electron chi connectivity index (χ1n) is 7.94. The summed E-state index contributed by atoms with van der Waals surface area (Å²) in [6, 6.07) is 5.81. The molecule has 0 spiro atoms. The number of alkyl carbamates (subject to hydrolysis) is 1. The second-order valence-corrected chi connectivity index (χ2v) is 7.02. The molecule has 1 amide bonds. The normalized spacial score (nSPS) is 16.5. The molecule has 1 aromatic carbocycles. The number of hydrogen-bond acceptors (Lipinski definition) is 5. The molecule has 0 atom stereocenters. The van der Waals surface area contributed by atoms with E-state index >= 15 is 0 Å². The number of para-hydroxylation sites is 1. The largest absolute Gasteiger partial charge is 0.444 e. The molecule has 1 aliphatic carbocycles. The summed E-state index contributed by atoms with van der Waals surface area (Å²) in [5.74, 6) is -0.432. The molecule has 1 fully saturated rings. The molecule has 2 rings (SSSR count). The maximum absolute atomic E-state index is 13.0. The standard InChI is InChI=1S/C17H22N2O5/c1-16(2,3)24-15(21)18-17(10-6-7-11-17)14(20)12-8-4-5-9-13(12)19(22)23/h4-5,8-9H,6-7,10-11H2,1-3H3,(H,18,21). The van der Waals surface area contributed by atoms with Crippen LogP contribution in [0.2, 0.25) is 0 Å². The molecule has 0 heterocycles. The minimum atomic E-state index is -1.14. The maximum atomic E-state index is 13.0. The van der Waals surface area contributed by atoms with Crippen LogP contribution >= 0.6 is 0 Å². The van der Waals surface area contributed by atoms with E-state index in [0.717, 1.165) is 12.8 Å². The third-order valence-electron chi connectivity index (χ3n) is 3.98. The van der Waals surface area contributed by atoms with Gasteiger partial charge in [-0.1, -0.05) is 25.0 Å². The van der Waals surface area contributed by atoms with E-state index in [0.29, 0.717) is 12.8 Å². The number of Topliss-reactive ketones (excluding diaryl/α,β-unsaturated/α-hetero) is 1. The van der Waals surface area contributed by atoms with Gasteiger partial charge in [-0.3, -0.25) is 14.9 Å². The summed E-state index contributed by atoms with van der Waals surface area (Å²) in [5.41, 5.74) is -2.07. The van der Waals surface area contributed by atoms with Crippen LogP contribution in [0, 0.1) is 10.1 Å². The first-order valence-corrected chi connectivity index (χ1v) is 7.94. The Bertz CT molecular complexity index is 657. The van der Waals surface area contributed by atoms with E-state index in [9.17, 15) is 19.7 Å². The predicted molar refractivity (Wildman–Crippen MR) is 88.0 cm³/mol. The second-order valence-electron chi connectivity index (χ2n) is 7.02. The van der Waals surface area contributed by atoms with Gasteiger partial charge in [-0.2, -0.15) is 0 Å². The van der Waals surface area contributed by atoms with Crippen molar-refractivity contribution in [3.63, 3.8) is 0 Å². The van der Waals surface area contributed by atoms with Crippen LogP contribution < -0.4 is 5.32 Å². The molecule has 130 valence electrons. The Morgan fingerprint density at radius 1 is 1.21 bits per heavy atom. The Hall–Kier alpha value is -2.44. The lowest BCUT2D eigenvalue weighted by atomic mass is 9.87. The van der Waals surface area contributed by atoms with Crippen molar-refractivity contribution in [2.24, 2.45) is 0 Å². The van der Waals surface area contributed by atoms with E-state index in [1.54, 1.807) is 26.8 Å². The van der Waals surface area contributed by atoms with E-state index in [2.05, 4.69) is 5.32 Å². The molecule has 24 heavy (non-hydrogen) atoms. The van der Waals surface area contributed by atoms with Crippen LogP contribution in [-0.2, 0) is 4.74 Å². The first-order chi connectivity index (χ1) is 11.1. The van der Waals surface area contributed by atoms with Gasteiger partial charge in [0.2, 0.25) is 0 Å². The van der Waals surface area contributed by atoms with Crippen LogP contribution in [0.5, 0.6) is 0 Å². The zero-order valence-electron chi connectivity index (χ0n) is 14.1. The molecule has 0 saturated heterocycles. The monoisotopic (exact) mass is 334 g/mol. The third kappa shape index (κ3) is 3.90. The summed E-state index contributed by atoms with van der Waals surface area (Å²) < 4.78 is 5.25. The summed E-state index contributed by atoms with van der Waals surface area (Å²) in [6.07, 6.45) is 1.73. The van der Waals surface area contributed by atoms with Crippen molar-refractivity contribution in [1.29, 1.82) is 0 Å². The maximum Gasteiger partial charge on any atom is 0.408 e. The fourth-order valence-electron chi connectivity index (χ4n) is 2.97. The van der Waals surface area contributed by atoms with Crippen LogP contribution in [0.25, 0.3) is 0 Å². The van der Waals surface area contributed by atoms with Gasteiger partial charge < -0.3 is 10.1 Å². The molecule has 7 heteroatoms. The van der Waals surface area contributed by atoms with Gasteiger partial charge in [0.05, 0.1) is 10.5 Å². The Labute approximate surface area is 140 Å². The van der Waals surface area contributed by atoms with Crippen LogP contribution in [0.3, 0.4) is 0 Å². The number of ketones is 1. The van der Waals surface area contributed by atoms with Gasteiger partial charge in [0.15, 0.2) is 5.78 Å². The second kappa shape index (κ2) is 6.59. The Morgan fingerprint density at radius 3 is 2.33 bits per heavy atom. The SMILES string of the molecule is CC(C)(C)OC(=O)NC1(C(=O)c2ccccc2[N+](=O)[O-])CCCC1. The van der Waals surface area contributed by atoms with Crippen LogP contribution in [0.15, 0.2) is 24.3 Å². The van der Waals surface area contributed by atoms with E-state index in [4.69, 9.17) is 4.74 Å². The highest BCUT2D eigenvalue weighted by atomic mass is 16.6. The zero-order valence-corrected chi connectivity index (χ0v) is 14.1. The van der Waals surface area contributed by atoms with Gasteiger partial charge in [0.1, 0.15) is 11.1 Å². The highest BCUT2D eigenvalue weighted by Gasteiger charge is 2.45. The number of nitro groups is 1. The number of benzene rings is 1. The van der Waals surface area contributed by atoms with Crippen molar-refractivity contribution in [2.45, 2.75) is 57.6 Å². The summed E-state index contributed by atoms with van der Waals surface area (Å²) in [5, 5.41) is 13.9. The van der Waals surface area contributed by atoms with Crippen molar-refractivity contribution in [2.75, 3.05) is 0 Å². The number of rotatable bonds is 4. The minimum Gasteiger partial charge on any atom is -0.444 e. The lowest BCUT2D eigenvalue weighted by Gasteiger charge is -2.30. The number of carbonyl (C=O) groups excluding carboxylic acids is 2. The molecule has 0 bridgehead atoms. The van der Waals surface area contributed by atoms with Crippen LogP contribution in [-0.4, -0.2) is 27.9 Å². The molecular formula is C17H22N2O5. The number of carbonyl (C=O) groups is 2. The quantitative estimate of drug-likeness (QED) is 0.515.